The fraction of sp³-hybridized carbons (Fsp3) is 0.0625. The fourth-order valence-electron chi connectivity index (χ4n) is 4.98. The lowest BCUT2D eigenvalue weighted by Gasteiger charge is -2.28. The summed E-state index contributed by atoms with van der Waals surface area (Å²) in [7, 11) is 1.88. The summed E-state index contributed by atoms with van der Waals surface area (Å²) in [6.07, 6.45) is 6.98. The number of benzene rings is 3. The number of hydrogen-bond acceptors (Lipinski definition) is 6. The molecule has 3 heterocycles. The van der Waals surface area contributed by atoms with Crippen LogP contribution in [-0.4, -0.2) is 14.5 Å². The Bertz CT molecular complexity index is 1910. The Hall–Kier alpha value is -5.50. The molecule has 0 saturated carbocycles. The number of rotatable bonds is 5. The largest absolute Gasteiger partial charge is 0.458 e. The van der Waals surface area contributed by atoms with E-state index < -0.39 is 5.54 Å². The Morgan fingerprint density at radius 3 is 2.31 bits per heavy atom. The summed E-state index contributed by atoms with van der Waals surface area (Å²) in [5.41, 5.74) is 12.9. The standard InChI is InChI=1S/C32H22N6O/c1-38-20-37-19-29(38)32(35,27-9-7-21(16-33)8-10-27)30-15-26-13-25(24-6-3-11-36-18-24)14-28(31(26)39-30)23-5-2-4-22(12-23)17-34/h2-15,18-20H,35H2,1H3. The summed E-state index contributed by atoms with van der Waals surface area (Å²) in [4.78, 5) is 8.61. The fourth-order valence-corrected chi connectivity index (χ4v) is 4.98. The van der Waals surface area contributed by atoms with Gasteiger partial charge in [-0.25, -0.2) is 4.98 Å². The normalized spacial score (nSPS) is 12.5. The van der Waals surface area contributed by atoms with E-state index in [9.17, 15) is 10.5 Å². The van der Waals surface area contributed by atoms with E-state index in [0.29, 0.717) is 22.5 Å². The molecule has 1 unspecified atom stereocenters. The second kappa shape index (κ2) is 9.42. The number of nitriles is 2. The zero-order valence-corrected chi connectivity index (χ0v) is 21.0. The van der Waals surface area contributed by atoms with Crippen molar-refractivity contribution in [1.82, 2.24) is 14.5 Å². The molecule has 0 radical (unpaired) electrons. The molecule has 0 aliphatic heterocycles. The summed E-state index contributed by atoms with van der Waals surface area (Å²) >= 11 is 0. The smallest absolute Gasteiger partial charge is 0.142 e. The van der Waals surface area contributed by atoms with Crippen LogP contribution in [0.4, 0.5) is 0 Å². The number of hydrogen-bond donors (Lipinski definition) is 1. The Morgan fingerprint density at radius 1 is 0.821 bits per heavy atom. The minimum absolute atomic E-state index is 0.520. The summed E-state index contributed by atoms with van der Waals surface area (Å²) < 4.78 is 8.51. The molecule has 2 N–H and O–H groups in total. The van der Waals surface area contributed by atoms with Gasteiger partial charge in [-0.1, -0.05) is 30.3 Å². The lowest BCUT2D eigenvalue weighted by molar-refractivity contribution is 0.445. The Labute approximate surface area is 225 Å². The molecule has 0 aliphatic carbocycles. The summed E-state index contributed by atoms with van der Waals surface area (Å²) in [6.45, 7) is 0. The molecular weight excluding hydrogens is 484 g/mol. The van der Waals surface area contributed by atoms with Gasteiger partial charge in [0.15, 0.2) is 0 Å². The molecule has 186 valence electrons. The average Bonchev–Trinajstić information content (AvgIpc) is 3.63. The van der Waals surface area contributed by atoms with Crippen molar-refractivity contribution in [2.24, 2.45) is 12.8 Å². The van der Waals surface area contributed by atoms with Gasteiger partial charge < -0.3 is 14.7 Å². The van der Waals surface area contributed by atoms with Crippen LogP contribution in [0.5, 0.6) is 0 Å². The highest BCUT2D eigenvalue weighted by Gasteiger charge is 2.38. The van der Waals surface area contributed by atoms with Crippen LogP contribution in [0.3, 0.4) is 0 Å². The summed E-state index contributed by atoms with van der Waals surface area (Å²) in [6, 6.07) is 29.0. The third kappa shape index (κ3) is 4.04. The van der Waals surface area contributed by atoms with Gasteiger partial charge in [-0.3, -0.25) is 4.98 Å². The first kappa shape index (κ1) is 23.9. The minimum Gasteiger partial charge on any atom is -0.458 e. The lowest BCUT2D eigenvalue weighted by atomic mass is 9.84. The van der Waals surface area contributed by atoms with E-state index in [-0.39, 0.29) is 0 Å². The topological polar surface area (TPSA) is 117 Å². The monoisotopic (exact) mass is 506 g/mol. The molecule has 0 saturated heterocycles. The quantitative estimate of drug-likeness (QED) is 0.312. The van der Waals surface area contributed by atoms with Crippen molar-refractivity contribution < 1.29 is 4.42 Å². The Kier molecular flexibility index (Phi) is 5.77. The van der Waals surface area contributed by atoms with E-state index in [1.807, 2.05) is 72.4 Å². The maximum atomic E-state index is 9.53. The number of aryl methyl sites for hydroxylation is 1. The Balaban J connectivity index is 1.64. The van der Waals surface area contributed by atoms with Crippen LogP contribution >= 0.6 is 0 Å². The van der Waals surface area contributed by atoms with E-state index >= 15 is 0 Å². The molecule has 0 amide bonds. The summed E-state index contributed by atoms with van der Waals surface area (Å²) in [5.74, 6) is 0.520. The number of furan rings is 1. The second-order valence-electron chi connectivity index (χ2n) is 9.37. The van der Waals surface area contributed by atoms with E-state index in [0.717, 1.165) is 38.9 Å². The minimum atomic E-state index is -1.20. The van der Waals surface area contributed by atoms with Gasteiger partial charge in [-0.05, 0) is 65.2 Å². The molecule has 0 aliphatic rings. The van der Waals surface area contributed by atoms with Crippen LogP contribution in [0, 0.1) is 22.7 Å². The SMILES string of the molecule is Cn1cncc1C(N)(c1ccc(C#N)cc1)c1cc2cc(-c3cccnc3)cc(-c3cccc(C#N)c3)c2o1. The van der Waals surface area contributed by atoms with Gasteiger partial charge in [0.1, 0.15) is 16.9 Å². The van der Waals surface area contributed by atoms with Crippen LogP contribution in [0.25, 0.3) is 33.2 Å². The van der Waals surface area contributed by atoms with Crippen molar-refractivity contribution in [3.05, 3.63) is 132 Å². The van der Waals surface area contributed by atoms with Crippen LogP contribution in [0.2, 0.25) is 0 Å². The molecule has 39 heavy (non-hydrogen) atoms. The molecule has 6 aromatic rings. The van der Waals surface area contributed by atoms with Crippen LogP contribution in [0.15, 0.2) is 108 Å². The first-order chi connectivity index (χ1) is 19.0. The molecule has 3 aromatic heterocycles. The summed E-state index contributed by atoms with van der Waals surface area (Å²) in [5, 5.41) is 19.7. The third-order valence-corrected chi connectivity index (χ3v) is 6.99. The molecular formula is C32H22N6O. The van der Waals surface area contributed by atoms with E-state index in [1.165, 1.54) is 0 Å². The van der Waals surface area contributed by atoms with Gasteiger partial charge in [0, 0.05) is 36.0 Å². The third-order valence-electron chi connectivity index (χ3n) is 6.99. The number of nitrogens with two attached hydrogens (primary N) is 1. The molecule has 0 spiro atoms. The first-order valence-corrected chi connectivity index (χ1v) is 12.3. The van der Waals surface area contributed by atoms with Gasteiger partial charge in [-0.2, -0.15) is 10.5 Å². The number of fused-ring (bicyclic) bond motifs is 1. The van der Waals surface area contributed by atoms with E-state index in [4.69, 9.17) is 10.2 Å². The maximum Gasteiger partial charge on any atom is 0.142 e. The van der Waals surface area contributed by atoms with Crippen molar-refractivity contribution in [1.29, 1.82) is 10.5 Å². The number of aromatic nitrogens is 3. The van der Waals surface area contributed by atoms with Crippen molar-refractivity contribution in [3.63, 3.8) is 0 Å². The highest BCUT2D eigenvalue weighted by atomic mass is 16.3. The zero-order valence-electron chi connectivity index (χ0n) is 21.0. The molecule has 7 heteroatoms. The predicted molar refractivity (Wildman–Crippen MR) is 148 cm³/mol. The molecule has 7 nitrogen and oxygen atoms in total. The average molecular weight is 507 g/mol. The number of pyridine rings is 1. The highest BCUT2D eigenvalue weighted by Crippen LogP contribution is 2.41. The number of nitrogens with zero attached hydrogens (tertiary/aromatic N) is 5. The first-order valence-electron chi connectivity index (χ1n) is 12.3. The van der Waals surface area contributed by atoms with Gasteiger partial charge in [-0.15, -0.1) is 0 Å². The van der Waals surface area contributed by atoms with Gasteiger partial charge in [0.25, 0.3) is 0 Å². The van der Waals surface area contributed by atoms with Gasteiger partial charge in [0.05, 0.1) is 41.5 Å². The maximum absolute atomic E-state index is 9.53. The van der Waals surface area contributed by atoms with E-state index in [2.05, 4.69) is 28.2 Å². The van der Waals surface area contributed by atoms with Crippen molar-refractivity contribution >= 4 is 11.0 Å². The molecule has 1 atom stereocenters. The Morgan fingerprint density at radius 2 is 1.62 bits per heavy atom. The van der Waals surface area contributed by atoms with Crippen molar-refractivity contribution in [2.45, 2.75) is 5.54 Å². The molecule has 6 rings (SSSR count). The van der Waals surface area contributed by atoms with Gasteiger partial charge >= 0.3 is 0 Å². The molecule has 3 aromatic carbocycles. The van der Waals surface area contributed by atoms with Crippen molar-refractivity contribution in [3.8, 4) is 34.4 Å². The second-order valence-corrected chi connectivity index (χ2v) is 9.37. The predicted octanol–water partition coefficient (Wildman–Crippen LogP) is 5.89. The van der Waals surface area contributed by atoms with Crippen LogP contribution in [0.1, 0.15) is 28.1 Å². The van der Waals surface area contributed by atoms with Crippen molar-refractivity contribution in [2.75, 3.05) is 0 Å². The van der Waals surface area contributed by atoms with E-state index in [1.54, 1.807) is 36.9 Å². The van der Waals surface area contributed by atoms with Crippen LogP contribution < -0.4 is 5.73 Å². The lowest BCUT2D eigenvalue weighted by Crippen LogP contribution is -2.40. The zero-order chi connectivity index (χ0) is 27.0. The highest BCUT2D eigenvalue weighted by molar-refractivity contribution is 5.97. The molecule has 0 fully saturated rings. The van der Waals surface area contributed by atoms with Gasteiger partial charge in [0.2, 0.25) is 0 Å². The number of imidazole rings is 1. The molecule has 0 bridgehead atoms. The van der Waals surface area contributed by atoms with Crippen LogP contribution in [-0.2, 0) is 12.6 Å².